The summed E-state index contributed by atoms with van der Waals surface area (Å²) in [5.41, 5.74) is 2.70. The van der Waals surface area contributed by atoms with E-state index < -0.39 is 0 Å². The fraction of sp³-hybridized carbons (Fsp3) is 0.333. The first-order chi connectivity index (χ1) is 10.7. The molecule has 1 aromatic carbocycles. The number of nitrogens with zero attached hydrogens (tertiary/aromatic N) is 2. The Labute approximate surface area is 130 Å². The summed E-state index contributed by atoms with van der Waals surface area (Å²) in [7, 11) is 0. The van der Waals surface area contributed by atoms with Gasteiger partial charge in [-0.15, -0.1) is 0 Å². The number of pyridine rings is 1. The lowest BCUT2D eigenvalue weighted by atomic mass is 10.1. The van der Waals surface area contributed by atoms with E-state index >= 15 is 0 Å². The largest absolute Gasteiger partial charge is 0.329 e. The van der Waals surface area contributed by atoms with Crippen LogP contribution in [0.25, 0.3) is 11.1 Å². The van der Waals surface area contributed by atoms with Gasteiger partial charge in [-0.05, 0) is 25.0 Å². The van der Waals surface area contributed by atoms with Gasteiger partial charge in [0.1, 0.15) is 5.69 Å². The lowest BCUT2D eigenvalue weighted by molar-refractivity contribution is 0.0631. The van der Waals surface area contributed by atoms with E-state index in [1.807, 2.05) is 47.4 Å². The highest BCUT2D eigenvalue weighted by Crippen LogP contribution is 2.30. The van der Waals surface area contributed by atoms with Crippen molar-refractivity contribution in [3.8, 4) is 11.1 Å². The minimum atomic E-state index is 0.0566. The highest BCUT2D eigenvalue weighted by Gasteiger charge is 2.46. The SMILES string of the molecule is CC1C2CC(CN2)N1C(=O)c1ccc(-c2ccccc2)cn1. The number of amides is 1. The summed E-state index contributed by atoms with van der Waals surface area (Å²) in [6.45, 7) is 3.02. The number of aromatic nitrogens is 1. The van der Waals surface area contributed by atoms with E-state index in [1.54, 1.807) is 6.20 Å². The smallest absolute Gasteiger partial charge is 0.273 e. The minimum Gasteiger partial charge on any atom is -0.329 e. The van der Waals surface area contributed by atoms with Crippen molar-refractivity contribution in [3.05, 3.63) is 54.4 Å². The van der Waals surface area contributed by atoms with Crippen molar-refractivity contribution in [1.82, 2.24) is 15.2 Å². The molecular weight excluding hydrogens is 274 g/mol. The molecule has 3 atom stereocenters. The Bertz CT molecular complexity index is 681. The first-order valence-electron chi connectivity index (χ1n) is 7.81. The first-order valence-corrected chi connectivity index (χ1v) is 7.81. The third kappa shape index (κ3) is 2.11. The lowest BCUT2D eigenvalue weighted by Gasteiger charge is -2.33. The van der Waals surface area contributed by atoms with Crippen molar-refractivity contribution in [3.63, 3.8) is 0 Å². The molecule has 0 radical (unpaired) electrons. The van der Waals surface area contributed by atoms with E-state index in [4.69, 9.17) is 0 Å². The molecule has 1 aromatic heterocycles. The molecule has 0 saturated carbocycles. The normalized spacial score (nSPS) is 26.4. The van der Waals surface area contributed by atoms with Crippen LogP contribution in [0.5, 0.6) is 0 Å². The van der Waals surface area contributed by atoms with Crippen LogP contribution in [0, 0.1) is 0 Å². The van der Waals surface area contributed by atoms with Crippen molar-refractivity contribution in [1.29, 1.82) is 0 Å². The Kier molecular flexibility index (Phi) is 3.19. The molecule has 1 N–H and O–H groups in total. The molecule has 112 valence electrons. The van der Waals surface area contributed by atoms with Crippen molar-refractivity contribution in [2.24, 2.45) is 0 Å². The number of benzene rings is 1. The minimum absolute atomic E-state index is 0.0566. The number of nitrogens with one attached hydrogen (secondary N) is 1. The molecule has 4 rings (SSSR count). The summed E-state index contributed by atoms with van der Waals surface area (Å²) in [6.07, 6.45) is 2.86. The molecule has 3 heterocycles. The van der Waals surface area contributed by atoms with Crippen molar-refractivity contribution >= 4 is 5.91 Å². The molecule has 2 saturated heterocycles. The Balaban J connectivity index is 1.57. The van der Waals surface area contributed by atoms with Crippen LogP contribution in [-0.2, 0) is 0 Å². The summed E-state index contributed by atoms with van der Waals surface area (Å²) >= 11 is 0. The second-order valence-corrected chi connectivity index (χ2v) is 6.16. The van der Waals surface area contributed by atoms with Gasteiger partial charge in [-0.3, -0.25) is 9.78 Å². The van der Waals surface area contributed by atoms with E-state index in [1.165, 1.54) is 0 Å². The molecule has 2 aliphatic heterocycles. The topological polar surface area (TPSA) is 45.2 Å². The van der Waals surface area contributed by atoms with Gasteiger partial charge in [-0.25, -0.2) is 0 Å². The Morgan fingerprint density at radius 2 is 2.00 bits per heavy atom. The molecule has 2 fully saturated rings. The van der Waals surface area contributed by atoms with Crippen LogP contribution in [0.15, 0.2) is 48.7 Å². The molecule has 0 spiro atoms. The zero-order chi connectivity index (χ0) is 15.1. The third-order valence-electron chi connectivity index (χ3n) is 4.88. The fourth-order valence-corrected chi connectivity index (χ4v) is 3.66. The summed E-state index contributed by atoms with van der Waals surface area (Å²) in [5, 5.41) is 3.46. The molecule has 4 heteroatoms. The average Bonchev–Trinajstić information content (AvgIpc) is 3.16. The van der Waals surface area contributed by atoms with Crippen LogP contribution in [0.4, 0.5) is 0 Å². The van der Waals surface area contributed by atoms with Crippen LogP contribution >= 0.6 is 0 Å². The fourth-order valence-electron chi connectivity index (χ4n) is 3.66. The molecule has 4 nitrogen and oxygen atoms in total. The summed E-state index contributed by atoms with van der Waals surface area (Å²) in [4.78, 5) is 19.1. The van der Waals surface area contributed by atoms with Gasteiger partial charge < -0.3 is 10.2 Å². The zero-order valence-electron chi connectivity index (χ0n) is 12.6. The van der Waals surface area contributed by atoms with Crippen LogP contribution < -0.4 is 5.32 Å². The Hall–Kier alpha value is -2.20. The second kappa shape index (κ2) is 5.21. The van der Waals surface area contributed by atoms with Gasteiger partial charge >= 0.3 is 0 Å². The number of carbonyl (C=O) groups excluding carboxylic acids is 1. The highest BCUT2D eigenvalue weighted by molar-refractivity contribution is 5.93. The van der Waals surface area contributed by atoms with Gasteiger partial charge in [-0.2, -0.15) is 0 Å². The molecule has 0 aliphatic carbocycles. The van der Waals surface area contributed by atoms with Crippen LogP contribution in [0.2, 0.25) is 0 Å². The van der Waals surface area contributed by atoms with Gasteiger partial charge in [0.05, 0.1) is 0 Å². The van der Waals surface area contributed by atoms with E-state index in [0.717, 1.165) is 24.1 Å². The second-order valence-electron chi connectivity index (χ2n) is 6.16. The molecule has 2 aromatic rings. The highest BCUT2D eigenvalue weighted by atomic mass is 16.2. The molecule has 1 amide bonds. The molecule has 3 unspecified atom stereocenters. The number of likely N-dealkylation sites (tertiary alicyclic amines) is 1. The van der Waals surface area contributed by atoms with E-state index in [2.05, 4.69) is 17.2 Å². The van der Waals surface area contributed by atoms with Gasteiger partial charge in [0.25, 0.3) is 5.91 Å². The van der Waals surface area contributed by atoms with Gasteiger partial charge in [0.15, 0.2) is 0 Å². The summed E-state index contributed by atoms with van der Waals surface area (Å²) in [5.74, 6) is 0.0566. The lowest BCUT2D eigenvalue weighted by Crippen LogP contribution is -2.52. The monoisotopic (exact) mass is 293 g/mol. The maximum absolute atomic E-state index is 12.7. The molecule has 2 bridgehead atoms. The average molecular weight is 293 g/mol. The van der Waals surface area contributed by atoms with Crippen LogP contribution in [0.3, 0.4) is 0 Å². The van der Waals surface area contributed by atoms with Crippen molar-refractivity contribution < 1.29 is 4.79 Å². The van der Waals surface area contributed by atoms with Crippen LogP contribution in [-0.4, -0.2) is 40.5 Å². The predicted molar refractivity (Wildman–Crippen MR) is 85.5 cm³/mol. The molecule has 2 aliphatic rings. The van der Waals surface area contributed by atoms with E-state index in [0.29, 0.717) is 17.8 Å². The van der Waals surface area contributed by atoms with E-state index in [9.17, 15) is 4.79 Å². The molecular formula is C18H19N3O. The Morgan fingerprint density at radius 1 is 1.18 bits per heavy atom. The van der Waals surface area contributed by atoms with Crippen molar-refractivity contribution in [2.45, 2.75) is 31.5 Å². The first kappa shape index (κ1) is 13.5. The quantitative estimate of drug-likeness (QED) is 0.924. The molecule has 22 heavy (non-hydrogen) atoms. The number of rotatable bonds is 2. The van der Waals surface area contributed by atoms with Gasteiger partial charge in [0, 0.05) is 36.4 Å². The van der Waals surface area contributed by atoms with Gasteiger partial charge in [0.2, 0.25) is 0 Å². The Morgan fingerprint density at radius 3 is 2.64 bits per heavy atom. The third-order valence-corrected chi connectivity index (χ3v) is 4.88. The standard InChI is InChI=1S/C18H19N3O/c1-12-17-9-15(11-20-17)21(12)18(22)16-8-7-14(10-19-16)13-5-3-2-4-6-13/h2-8,10,12,15,17,20H,9,11H2,1H3. The zero-order valence-corrected chi connectivity index (χ0v) is 12.6. The van der Waals surface area contributed by atoms with Gasteiger partial charge in [-0.1, -0.05) is 36.4 Å². The van der Waals surface area contributed by atoms with Crippen molar-refractivity contribution in [2.75, 3.05) is 6.54 Å². The maximum Gasteiger partial charge on any atom is 0.273 e. The van der Waals surface area contributed by atoms with Crippen LogP contribution in [0.1, 0.15) is 23.8 Å². The summed E-state index contributed by atoms with van der Waals surface area (Å²) < 4.78 is 0. The summed E-state index contributed by atoms with van der Waals surface area (Å²) in [6, 6.07) is 14.9. The maximum atomic E-state index is 12.7. The number of carbonyl (C=O) groups is 1. The predicted octanol–water partition coefficient (Wildman–Crippen LogP) is 2.32. The number of hydrogen-bond acceptors (Lipinski definition) is 3. The van der Waals surface area contributed by atoms with E-state index in [-0.39, 0.29) is 11.9 Å². The number of hydrogen-bond donors (Lipinski definition) is 1. The number of piperazine rings is 1. The number of fused-ring (bicyclic) bond motifs is 2.